The van der Waals surface area contributed by atoms with E-state index in [0.29, 0.717) is 43.6 Å². The van der Waals surface area contributed by atoms with E-state index in [2.05, 4.69) is 31.0 Å². The number of carbonyl (C=O) groups is 2. The van der Waals surface area contributed by atoms with Gasteiger partial charge in [-0.2, -0.15) is 0 Å². The van der Waals surface area contributed by atoms with Crippen LogP contribution in [0.1, 0.15) is 78.1 Å². The number of carboxylic acid groups (broad SMARTS) is 1. The zero-order valence-corrected chi connectivity index (χ0v) is 21.0. The summed E-state index contributed by atoms with van der Waals surface area (Å²) < 4.78 is 0. The molecular weight excluding hydrogens is 444 g/mol. The molecule has 2 N–H and O–H groups in total. The monoisotopic (exact) mass is 482 g/mol. The van der Waals surface area contributed by atoms with E-state index in [1.54, 1.807) is 0 Å². The van der Waals surface area contributed by atoms with Gasteiger partial charge in [0.25, 0.3) is 5.91 Å². The number of hydrogen-bond donors (Lipinski definition) is 2. The number of allylic oxidation sites excluding steroid dienone is 2. The number of hydrogen-bond acceptors (Lipinski definition) is 5. The summed E-state index contributed by atoms with van der Waals surface area (Å²) in [6.45, 7) is 4.86. The summed E-state index contributed by atoms with van der Waals surface area (Å²) in [4.78, 5) is 30.6. The first-order valence-corrected chi connectivity index (χ1v) is 13.3. The molecule has 7 heteroatoms. The van der Waals surface area contributed by atoms with Gasteiger partial charge < -0.3 is 20.0 Å². The van der Waals surface area contributed by atoms with E-state index < -0.39 is 17.6 Å². The largest absolute Gasteiger partial charge is 0.480 e. The Morgan fingerprint density at radius 1 is 1.17 bits per heavy atom. The number of aliphatic hydroxyl groups is 1. The molecule has 0 spiro atoms. The molecule has 1 heterocycles. The molecule has 7 atom stereocenters. The van der Waals surface area contributed by atoms with Crippen LogP contribution in [0.5, 0.6) is 0 Å². The van der Waals surface area contributed by atoms with Crippen molar-refractivity contribution >= 4 is 17.6 Å². The summed E-state index contributed by atoms with van der Waals surface area (Å²) >= 11 is 0. The molecule has 0 unspecified atom stereocenters. The molecule has 0 bridgehead atoms. The van der Waals surface area contributed by atoms with Crippen LogP contribution in [0.2, 0.25) is 0 Å². The summed E-state index contributed by atoms with van der Waals surface area (Å²) in [5.74, 6) is 3.14. The summed E-state index contributed by atoms with van der Waals surface area (Å²) in [6.07, 6.45) is 16.9. The van der Waals surface area contributed by atoms with Crippen LogP contribution in [0, 0.1) is 40.9 Å². The van der Waals surface area contributed by atoms with E-state index >= 15 is 0 Å². The van der Waals surface area contributed by atoms with Gasteiger partial charge in [0, 0.05) is 12.0 Å². The second-order valence-electron chi connectivity index (χ2n) is 11.9. The first kappa shape index (κ1) is 24.4. The molecule has 190 valence electrons. The Balaban J connectivity index is 1.25. The zero-order chi connectivity index (χ0) is 25.0. The number of terminal acetylenes is 1. The molecule has 5 rings (SSSR count). The third-order valence-corrected chi connectivity index (χ3v) is 10.6. The van der Waals surface area contributed by atoms with Gasteiger partial charge in [-0.15, -0.1) is 6.42 Å². The van der Waals surface area contributed by atoms with Gasteiger partial charge in [0.1, 0.15) is 11.6 Å². The highest BCUT2D eigenvalue weighted by atomic mass is 16.6. The highest BCUT2D eigenvalue weighted by Gasteiger charge is 2.63. The van der Waals surface area contributed by atoms with Crippen molar-refractivity contribution in [1.82, 2.24) is 4.90 Å². The second-order valence-corrected chi connectivity index (χ2v) is 11.9. The highest BCUT2D eigenvalue weighted by Crippen LogP contribution is 2.67. The number of aliphatic carboxylic acids is 1. The Bertz CT molecular complexity index is 1010. The smallest absolute Gasteiger partial charge is 0.326 e. The van der Waals surface area contributed by atoms with Crippen LogP contribution < -0.4 is 0 Å². The molecule has 4 aliphatic carbocycles. The lowest BCUT2D eigenvalue weighted by molar-refractivity contribution is -0.150. The van der Waals surface area contributed by atoms with Gasteiger partial charge in [-0.3, -0.25) is 4.79 Å². The molecule has 0 radical (unpaired) electrons. The minimum Gasteiger partial charge on any atom is -0.480 e. The fraction of sp³-hybridized carbons (Fsp3) is 0.750. The summed E-state index contributed by atoms with van der Waals surface area (Å²) in [6, 6.07) is -0.750. The lowest BCUT2D eigenvalue weighted by Gasteiger charge is -2.58. The average molecular weight is 483 g/mol. The van der Waals surface area contributed by atoms with E-state index in [1.807, 2.05) is 0 Å². The van der Waals surface area contributed by atoms with E-state index in [4.69, 9.17) is 11.3 Å². The van der Waals surface area contributed by atoms with Crippen molar-refractivity contribution in [2.75, 3.05) is 13.2 Å². The third-order valence-electron chi connectivity index (χ3n) is 10.6. The maximum atomic E-state index is 12.4. The van der Waals surface area contributed by atoms with Crippen LogP contribution in [0.15, 0.2) is 16.8 Å². The van der Waals surface area contributed by atoms with Crippen molar-refractivity contribution < 1.29 is 24.6 Å². The maximum absolute atomic E-state index is 12.4. The van der Waals surface area contributed by atoms with Crippen molar-refractivity contribution in [2.24, 2.45) is 33.7 Å². The maximum Gasteiger partial charge on any atom is 0.326 e. The van der Waals surface area contributed by atoms with Crippen molar-refractivity contribution in [3.8, 4) is 12.3 Å². The zero-order valence-electron chi connectivity index (χ0n) is 21.0. The summed E-state index contributed by atoms with van der Waals surface area (Å²) in [7, 11) is 0. The normalized spacial score (nSPS) is 43.5. The van der Waals surface area contributed by atoms with Crippen molar-refractivity contribution in [1.29, 1.82) is 0 Å². The molecule has 4 fully saturated rings. The van der Waals surface area contributed by atoms with Gasteiger partial charge in [-0.05, 0) is 93.5 Å². The molecule has 1 aliphatic heterocycles. The molecule has 3 saturated carbocycles. The van der Waals surface area contributed by atoms with E-state index in [1.165, 1.54) is 10.5 Å². The van der Waals surface area contributed by atoms with Gasteiger partial charge in [-0.25, -0.2) is 4.79 Å². The number of amides is 1. The molecule has 5 aliphatic rings. The predicted molar refractivity (Wildman–Crippen MR) is 131 cm³/mol. The first-order valence-electron chi connectivity index (χ1n) is 13.3. The lowest BCUT2D eigenvalue weighted by Crippen LogP contribution is -2.54. The molecule has 1 saturated heterocycles. The van der Waals surface area contributed by atoms with Crippen molar-refractivity contribution in [2.45, 2.75) is 89.7 Å². The minimum atomic E-state index is -0.972. The summed E-state index contributed by atoms with van der Waals surface area (Å²) in [5, 5.41) is 24.7. The highest BCUT2D eigenvalue weighted by molar-refractivity contribution is 5.96. The van der Waals surface area contributed by atoms with Crippen molar-refractivity contribution in [3.05, 3.63) is 11.6 Å². The summed E-state index contributed by atoms with van der Waals surface area (Å²) in [5.41, 5.74) is 1.26. The number of fused-ring (bicyclic) bond motifs is 5. The Morgan fingerprint density at radius 2 is 1.94 bits per heavy atom. The number of rotatable bonds is 4. The first-order chi connectivity index (χ1) is 16.6. The number of likely N-dealkylation sites (tertiary alicyclic amines) is 1. The fourth-order valence-electron chi connectivity index (χ4n) is 8.47. The van der Waals surface area contributed by atoms with Crippen LogP contribution >= 0.6 is 0 Å². The van der Waals surface area contributed by atoms with Crippen LogP contribution in [0.3, 0.4) is 0 Å². The van der Waals surface area contributed by atoms with Gasteiger partial charge >= 0.3 is 5.97 Å². The van der Waals surface area contributed by atoms with Crippen LogP contribution in [0.4, 0.5) is 0 Å². The van der Waals surface area contributed by atoms with Crippen LogP contribution in [-0.2, 0) is 14.4 Å². The molecule has 0 aromatic heterocycles. The standard InChI is InChI=1S/C28H38N2O5/c1-4-28(34)14-11-22-20-8-7-18-16-19(9-12-26(18,2)21(20)10-13-27(22,28)3)29-35-17-24(31)30-15-5-6-23(30)25(32)33/h1,16,20-23,34H,5-15,17H2,2-3H3,(H,32,33)/b29-19+/t20-,21-,22-,23-,26+,27+,28-/m1/s1. The number of oxime groups is 1. The Hall–Kier alpha value is -2.33. The molecule has 1 amide bonds. The average Bonchev–Trinajstić information content (AvgIpc) is 3.43. The fourth-order valence-corrected chi connectivity index (χ4v) is 8.47. The second kappa shape index (κ2) is 8.65. The molecular formula is C28H38N2O5. The van der Waals surface area contributed by atoms with E-state index in [-0.39, 0.29) is 23.3 Å². The number of carbonyl (C=O) groups excluding carboxylic acids is 1. The number of carboxylic acids is 1. The van der Waals surface area contributed by atoms with Crippen LogP contribution in [-0.4, -0.2) is 57.5 Å². The SMILES string of the molecule is C#C[C@@]1(O)CC[C@@H]2[C@@H]3CCC4=C/C(=N/OCC(=O)N5CCC[C@@H]5C(=O)O)CC[C@]4(C)[C@@H]3CC[C@@]21C. The quantitative estimate of drug-likeness (QED) is 0.470. The van der Waals surface area contributed by atoms with Crippen molar-refractivity contribution in [3.63, 3.8) is 0 Å². The van der Waals surface area contributed by atoms with Gasteiger partial charge in [-0.1, -0.05) is 30.5 Å². The molecule has 35 heavy (non-hydrogen) atoms. The Morgan fingerprint density at radius 3 is 2.69 bits per heavy atom. The Kier molecular flexibility index (Phi) is 6.03. The minimum absolute atomic E-state index is 0.125. The van der Waals surface area contributed by atoms with Gasteiger partial charge in [0.15, 0.2) is 6.61 Å². The molecule has 7 nitrogen and oxygen atoms in total. The lowest BCUT2D eigenvalue weighted by atomic mass is 9.46. The van der Waals surface area contributed by atoms with Crippen LogP contribution in [0.25, 0.3) is 0 Å². The van der Waals surface area contributed by atoms with E-state index in [9.17, 15) is 19.8 Å². The van der Waals surface area contributed by atoms with E-state index in [0.717, 1.165) is 50.7 Å². The number of nitrogens with zero attached hydrogens (tertiary/aromatic N) is 2. The Labute approximate surface area is 208 Å². The molecule has 0 aromatic rings. The van der Waals surface area contributed by atoms with Gasteiger partial charge in [0.2, 0.25) is 0 Å². The topological polar surface area (TPSA) is 99.4 Å². The third kappa shape index (κ3) is 3.71. The van der Waals surface area contributed by atoms with Gasteiger partial charge in [0.05, 0.1) is 5.71 Å². The molecule has 0 aromatic carbocycles. The predicted octanol–water partition coefficient (Wildman–Crippen LogP) is 3.76.